The third-order valence-corrected chi connectivity index (χ3v) is 4.32. The van der Waals surface area contributed by atoms with Crippen molar-refractivity contribution in [3.63, 3.8) is 0 Å². The monoisotopic (exact) mass is 259 g/mol. The number of anilines is 1. The molecule has 0 N–H and O–H groups in total. The molecule has 102 valence electrons. The molecule has 0 aromatic carbocycles. The Kier molecular flexibility index (Phi) is 3.25. The maximum Gasteiger partial charge on any atom is 0.227 e. The van der Waals surface area contributed by atoms with E-state index in [1.165, 1.54) is 12.8 Å². The zero-order valence-electron chi connectivity index (χ0n) is 11.7. The van der Waals surface area contributed by atoms with Crippen molar-refractivity contribution in [1.29, 1.82) is 0 Å². The number of hydrogen-bond acceptors (Lipinski definition) is 3. The van der Waals surface area contributed by atoms with Crippen LogP contribution in [0.3, 0.4) is 0 Å². The van der Waals surface area contributed by atoms with Crippen LogP contribution in [0, 0.1) is 11.8 Å². The van der Waals surface area contributed by atoms with Crippen molar-refractivity contribution in [3.05, 3.63) is 18.2 Å². The Balaban J connectivity index is 1.70. The molecule has 0 spiro atoms. The molecule has 1 aliphatic carbocycles. The third-order valence-electron chi connectivity index (χ3n) is 4.32. The number of rotatable bonds is 3. The summed E-state index contributed by atoms with van der Waals surface area (Å²) in [4.78, 5) is 22.9. The highest BCUT2D eigenvalue weighted by atomic mass is 16.2. The fraction of sp³-hybridized carbons (Fsp3) is 0.667. The molecule has 3 rings (SSSR count). The topological polar surface area (TPSA) is 46.1 Å². The van der Waals surface area contributed by atoms with Crippen molar-refractivity contribution in [2.24, 2.45) is 11.8 Å². The largest absolute Gasteiger partial charge is 0.310 e. The molecule has 1 saturated carbocycles. The van der Waals surface area contributed by atoms with E-state index in [9.17, 15) is 4.79 Å². The van der Waals surface area contributed by atoms with E-state index in [0.717, 1.165) is 24.5 Å². The molecule has 4 nitrogen and oxygen atoms in total. The molecule has 0 unspecified atom stereocenters. The Bertz CT molecular complexity index is 465. The zero-order valence-corrected chi connectivity index (χ0v) is 11.7. The number of hydrogen-bond donors (Lipinski definition) is 0. The summed E-state index contributed by atoms with van der Waals surface area (Å²) in [5.74, 6) is 2.83. The van der Waals surface area contributed by atoms with Crippen LogP contribution in [0.5, 0.6) is 0 Å². The van der Waals surface area contributed by atoms with E-state index in [4.69, 9.17) is 0 Å². The van der Waals surface area contributed by atoms with Gasteiger partial charge >= 0.3 is 0 Å². The first-order valence-electron chi connectivity index (χ1n) is 7.27. The summed E-state index contributed by atoms with van der Waals surface area (Å²) in [5, 5.41) is 0. The second-order valence-corrected chi connectivity index (χ2v) is 6.12. The molecular weight excluding hydrogens is 238 g/mol. The summed E-state index contributed by atoms with van der Waals surface area (Å²) < 4.78 is 0. The van der Waals surface area contributed by atoms with Gasteiger partial charge in [-0.25, -0.2) is 9.97 Å². The van der Waals surface area contributed by atoms with Crippen molar-refractivity contribution >= 4 is 11.6 Å². The smallest absolute Gasteiger partial charge is 0.227 e. The van der Waals surface area contributed by atoms with E-state index in [0.29, 0.717) is 24.2 Å². The van der Waals surface area contributed by atoms with Crippen LogP contribution in [0.4, 0.5) is 5.69 Å². The minimum Gasteiger partial charge on any atom is -0.310 e. The van der Waals surface area contributed by atoms with Gasteiger partial charge in [-0.05, 0) is 31.1 Å². The van der Waals surface area contributed by atoms with Gasteiger partial charge in [-0.15, -0.1) is 0 Å². The van der Waals surface area contributed by atoms with Gasteiger partial charge in [0, 0.05) is 18.9 Å². The molecule has 1 atom stereocenters. The van der Waals surface area contributed by atoms with Crippen LogP contribution in [0.25, 0.3) is 0 Å². The van der Waals surface area contributed by atoms with E-state index in [-0.39, 0.29) is 5.91 Å². The Morgan fingerprint density at radius 2 is 1.89 bits per heavy atom. The predicted octanol–water partition coefficient (Wildman–Crippen LogP) is 2.75. The van der Waals surface area contributed by atoms with Crippen molar-refractivity contribution < 1.29 is 4.79 Å². The molecule has 0 bridgehead atoms. The average Bonchev–Trinajstić information content (AvgIpc) is 3.23. The van der Waals surface area contributed by atoms with E-state index < -0.39 is 0 Å². The first kappa shape index (κ1) is 12.6. The molecule has 2 heterocycles. The molecule has 2 fully saturated rings. The minimum atomic E-state index is 0.215. The molecule has 1 aromatic heterocycles. The lowest BCUT2D eigenvalue weighted by atomic mass is 9.86. The minimum absolute atomic E-state index is 0.215. The molecule has 1 amide bonds. The number of nitrogens with zero attached hydrogens (tertiary/aromatic N) is 3. The molecular formula is C15H21N3O. The average molecular weight is 259 g/mol. The van der Waals surface area contributed by atoms with E-state index in [2.05, 4.69) is 23.8 Å². The molecule has 1 saturated heterocycles. The fourth-order valence-corrected chi connectivity index (χ4v) is 2.72. The van der Waals surface area contributed by atoms with Crippen LogP contribution in [-0.2, 0) is 4.79 Å². The molecule has 19 heavy (non-hydrogen) atoms. The molecule has 2 aliphatic rings. The maximum absolute atomic E-state index is 12.2. The molecule has 4 heteroatoms. The Morgan fingerprint density at radius 3 is 2.42 bits per heavy atom. The quantitative estimate of drug-likeness (QED) is 0.838. The van der Waals surface area contributed by atoms with Crippen molar-refractivity contribution in [2.45, 2.75) is 45.4 Å². The number of amides is 1. The first-order chi connectivity index (χ1) is 9.15. The van der Waals surface area contributed by atoms with Gasteiger partial charge in [-0.2, -0.15) is 0 Å². The second kappa shape index (κ2) is 4.91. The second-order valence-electron chi connectivity index (χ2n) is 6.12. The van der Waals surface area contributed by atoms with Crippen molar-refractivity contribution in [1.82, 2.24) is 9.97 Å². The molecule has 1 aromatic rings. The van der Waals surface area contributed by atoms with Gasteiger partial charge in [0.1, 0.15) is 5.82 Å². The van der Waals surface area contributed by atoms with Crippen LogP contribution in [0.1, 0.15) is 51.3 Å². The lowest BCUT2D eigenvalue weighted by Gasteiger charge is -2.33. The highest BCUT2D eigenvalue weighted by Crippen LogP contribution is 2.38. The van der Waals surface area contributed by atoms with Crippen LogP contribution >= 0.6 is 0 Å². The van der Waals surface area contributed by atoms with Gasteiger partial charge in [-0.3, -0.25) is 4.79 Å². The first-order valence-corrected chi connectivity index (χ1v) is 7.27. The van der Waals surface area contributed by atoms with Gasteiger partial charge in [0.25, 0.3) is 0 Å². The van der Waals surface area contributed by atoms with Gasteiger partial charge in [-0.1, -0.05) is 13.8 Å². The molecule has 0 radical (unpaired) electrons. The summed E-state index contributed by atoms with van der Waals surface area (Å²) in [7, 11) is 0. The third kappa shape index (κ3) is 2.62. The summed E-state index contributed by atoms with van der Waals surface area (Å²) in [6.07, 6.45) is 7.77. The Labute approximate surface area is 114 Å². The Hall–Kier alpha value is -1.45. The number of carbonyl (C=O) groups excluding carboxylic acids is 1. The maximum atomic E-state index is 12.2. The van der Waals surface area contributed by atoms with Gasteiger partial charge in [0.05, 0.1) is 18.1 Å². The summed E-state index contributed by atoms with van der Waals surface area (Å²) in [6, 6.07) is 0. The normalized spacial score (nSPS) is 24.1. The van der Waals surface area contributed by atoms with Gasteiger partial charge in [0.15, 0.2) is 0 Å². The lowest BCUT2D eigenvalue weighted by molar-refractivity contribution is -0.121. The summed E-state index contributed by atoms with van der Waals surface area (Å²) in [5.41, 5.74) is 0.858. The number of carbonyl (C=O) groups is 1. The zero-order chi connectivity index (χ0) is 13.4. The van der Waals surface area contributed by atoms with E-state index in [1.807, 2.05) is 17.3 Å². The van der Waals surface area contributed by atoms with E-state index in [1.54, 1.807) is 0 Å². The van der Waals surface area contributed by atoms with E-state index >= 15 is 0 Å². The number of piperidine rings is 1. The van der Waals surface area contributed by atoms with Crippen LogP contribution in [0.15, 0.2) is 12.4 Å². The SMILES string of the molecule is CC(C)[C@@H]1CCN(c2cnc(C3CC3)nc2)C(=O)C1. The van der Waals surface area contributed by atoms with Gasteiger partial charge < -0.3 is 4.90 Å². The standard InChI is InChI=1S/C15H21N3O/c1-10(2)12-5-6-18(14(19)7-12)13-8-16-15(17-9-13)11-3-4-11/h8-12H,3-7H2,1-2H3/t12-/m1/s1. The van der Waals surface area contributed by atoms with Crippen LogP contribution < -0.4 is 4.90 Å². The highest BCUT2D eigenvalue weighted by molar-refractivity contribution is 5.93. The molecule has 1 aliphatic heterocycles. The van der Waals surface area contributed by atoms with Crippen molar-refractivity contribution in [3.8, 4) is 0 Å². The summed E-state index contributed by atoms with van der Waals surface area (Å²) >= 11 is 0. The lowest BCUT2D eigenvalue weighted by Crippen LogP contribution is -2.40. The predicted molar refractivity (Wildman–Crippen MR) is 73.9 cm³/mol. The highest BCUT2D eigenvalue weighted by Gasteiger charge is 2.30. The fourth-order valence-electron chi connectivity index (χ4n) is 2.72. The van der Waals surface area contributed by atoms with Crippen molar-refractivity contribution in [2.75, 3.05) is 11.4 Å². The van der Waals surface area contributed by atoms with Gasteiger partial charge in [0.2, 0.25) is 5.91 Å². The Morgan fingerprint density at radius 1 is 1.21 bits per heavy atom. The van der Waals surface area contributed by atoms with Crippen LogP contribution in [-0.4, -0.2) is 22.4 Å². The van der Waals surface area contributed by atoms with Crippen LogP contribution in [0.2, 0.25) is 0 Å². The number of aromatic nitrogens is 2. The summed E-state index contributed by atoms with van der Waals surface area (Å²) in [6.45, 7) is 5.19.